The Bertz CT molecular complexity index is 3130. The number of fused-ring (bicyclic) bond motifs is 6. The van der Waals surface area contributed by atoms with E-state index in [1.165, 1.54) is 21.4 Å². The average molecular weight is 679 g/mol. The van der Waals surface area contributed by atoms with Crippen molar-refractivity contribution in [3.63, 3.8) is 0 Å². The number of rotatable bonds is 5. The van der Waals surface area contributed by atoms with Gasteiger partial charge in [0.25, 0.3) is 0 Å². The van der Waals surface area contributed by atoms with Gasteiger partial charge in [0.2, 0.25) is 0 Å². The fraction of sp³-hybridized carbons (Fsp3) is 0. The molecule has 0 unspecified atom stereocenters. The van der Waals surface area contributed by atoms with Gasteiger partial charge in [-0.25, -0.2) is 15.0 Å². The third-order valence-electron chi connectivity index (χ3n) is 9.03. The van der Waals surface area contributed by atoms with Crippen LogP contribution in [0.1, 0.15) is 6.85 Å². The average Bonchev–Trinajstić information content (AvgIpc) is 3.81. The van der Waals surface area contributed by atoms with Crippen LogP contribution in [0.2, 0.25) is 0 Å². The number of hydrogen-bond acceptors (Lipinski definition) is 5. The predicted molar refractivity (Wildman–Crippen MR) is 213 cm³/mol. The highest BCUT2D eigenvalue weighted by molar-refractivity contribution is 7.26. The van der Waals surface area contributed by atoms with Crippen molar-refractivity contribution in [1.29, 1.82) is 0 Å². The summed E-state index contributed by atoms with van der Waals surface area (Å²) < 4.78 is 47.2. The molecule has 10 rings (SSSR count). The summed E-state index contributed by atoms with van der Waals surface area (Å²) in [6.07, 6.45) is 0. The van der Waals surface area contributed by atoms with Crippen molar-refractivity contribution in [2.45, 2.75) is 0 Å². The summed E-state index contributed by atoms with van der Waals surface area (Å²) in [7, 11) is 0. The normalized spacial score (nSPS) is 13.0. The lowest BCUT2D eigenvalue weighted by Crippen LogP contribution is -2.00. The molecular formula is C45H27N3S2. The van der Waals surface area contributed by atoms with Crippen LogP contribution in [0.4, 0.5) is 0 Å². The first-order valence-electron chi connectivity index (χ1n) is 18.7. The fourth-order valence-electron chi connectivity index (χ4n) is 6.74. The molecule has 0 aliphatic carbocycles. The van der Waals surface area contributed by atoms with Crippen LogP contribution in [-0.2, 0) is 0 Å². The molecule has 3 nitrogen and oxygen atoms in total. The topological polar surface area (TPSA) is 38.7 Å². The van der Waals surface area contributed by atoms with Gasteiger partial charge in [0, 0.05) is 62.6 Å². The van der Waals surface area contributed by atoms with E-state index in [1.807, 2.05) is 78.9 Å². The first-order valence-corrected chi connectivity index (χ1v) is 17.8. The molecule has 0 atom stereocenters. The number of aromatic nitrogens is 3. The maximum absolute atomic E-state index is 8.94. The molecule has 0 N–H and O–H groups in total. The third kappa shape index (κ3) is 4.82. The zero-order valence-electron chi connectivity index (χ0n) is 31.4. The van der Waals surface area contributed by atoms with Gasteiger partial charge >= 0.3 is 0 Å². The molecule has 0 aliphatic heterocycles. The SMILES string of the molecule is [2H]c1c([2H])c([2H])c(-c2cc(-c3ccccc3)cc3c2sc2cccc(-c4nc(-c5ccccc5)nc(-c5cccc6c5sc5ccccc56)n4)c23)c([2H])c1[2H]. The molecule has 0 aliphatic rings. The van der Waals surface area contributed by atoms with Gasteiger partial charge in [0.15, 0.2) is 17.5 Å². The minimum atomic E-state index is -0.418. The summed E-state index contributed by atoms with van der Waals surface area (Å²) in [5, 5.41) is 4.15. The summed E-state index contributed by atoms with van der Waals surface area (Å²) in [4.78, 5) is 15.5. The molecule has 0 bridgehead atoms. The van der Waals surface area contributed by atoms with Crippen molar-refractivity contribution in [2.24, 2.45) is 0 Å². The van der Waals surface area contributed by atoms with E-state index < -0.39 is 6.04 Å². The van der Waals surface area contributed by atoms with Gasteiger partial charge in [-0.3, -0.25) is 0 Å². The molecular weight excluding hydrogens is 647 g/mol. The summed E-state index contributed by atoms with van der Waals surface area (Å²) >= 11 is 3.26. The van der Waals surface area contributed by atoms with Gasteiger partial charge in [0.05, 0.1) is 6.85 Å². The lowest BCUT2D eigenvalue weighted by atomic mass is 9.95. The van der Waals surface area contributed by atoms with E-state index in [2.05, 4.69) is 54.6 Å². The Morgan fingerprint density at radius 1 is 0.400 bits per heavy atom. The van der Waals surface area contributed by atoms with Crippen LogP contribution >= 0.6 is 22.7 Å². The van der Waals surface area contributed by atoms with Crippen LogP contribution in [0, 0.1) is 0 Å². The first-order chi connectivity index (χ1) is 26.9. The van der Waals surface area contributed by atoms with Crippen LogP contribution in [0.25, 0.3) is 96.8 Å². The first kappa shape index (κ1) is 24.2. The molecule has 10 aromatic rings. The zero-order valence-corrected chi connectivity index (χ0v) is 28.0. The zero-order chi connectivity index (χ0) is 37.4. The van der Waals surface area contributed by atoms with E-state index in [0.717, 1.165) is 58.1 Å². The molecule has 0 fully saturated rings. The van der Waals surface area contributed by atoms with Crippen LogP contribution in [0.15, 0.2) is 164 Å². The van der Waals surface area contributed by atoms with Gasteiger partial charge < -0.3 is 0 Å². The minimum Gasteiger partial charge on any atom is -0.208 e. The monoisotopic (exact) mass is 678 g/mol. The molecule has 5 heteroatoms. The molecule has 0 saturated carbocycles. The number of benzene rings is 7. The molecule has 0 saturated heterocycles. The molecule has 0 radical (unpaired) electrons. The van der Waals surface area contributed by atoms with Crippen LogP contribution in [0.3, 0.4) is 0 Å². The Balaban J connectivity index is 1.29. The van der Waals surface area contributed by atoms with Crippen LogP contribution in [0.5, 0.6) is 0 Å². The molecule has 0 amide bonds. The van der Waals surface area contributed by atoms with Gasteiger partial charge in [-0.05, 0) is 47.0 Å². The second-order valence-corrected chi connectivity index (χ2v) is 14.1. The Morgan fingerprint density at radius 2 is 1.00 bits per heavy atom. The van der Waals surface area contributed by atoms with E-state index in [4.69, 9.17) is 21.8 Å². The van der Waals surface area contributed by atoms with Crippen LogP contribution < -0.4 is 0 Å². The Labute approximate surface area is 303 Å². The summed E-state index contributed by atoms with van der Waals surface area (Å²) in [5.41, 5.74) is 5.17. The highest BCUT2D eigenvalue weighted by Crippen LogP contribution is 2.46. The largest absolute Gasteiger partial charge is 0.208 e. The Kier molecular flexibility index (Phi) is 5.73. The lowest BCUT2D eigenvalue weighted by Gasteiger charge is -2.11. The molecule has 0 spiro atoms. The number of thiophene rings is 2. The fourth-order valence-corrected chi connectivity index (χ4v) is 9.18. The molecule has 3 aromatic heterocycles. The maximum atomic E-state index is 8.94. The molecule has 3 heterocycles. The Morgan fingerprint density at radius 3 is 1.82 bits per heavy atom. The standard InChI is InChI=1S/C45H27N3S2/c1-4-14-28(15-5-1)31-26-36(29-16-6-2-7-17-29)42-37(27-31)40-34(22-13-25-39(40)50-42)44-46-43(30-18-8-3-9-19-30)47-45(48-44)35-23-12-21-33-32-20-10-11-24-38(32)49-41(33)35/h1-27H/i2D,6D,7D,16D,17D. The molecule has 234 valence electrons. The van der Waals surface area contributed by atoms with Gasteiger partial charge in [-0.2, -0.15) is 0 Å². The summed E-state index contributed by atoms with van der Waals surface area (Å²) in [5.74, 6) is 1.64. The second kappa shape index (κ2) is 11.8. The quantitative estimate of drug-likeness (QED) is 0.182. The maximum Gasteiger partial charge on any atom is 0.165 e. The second-order valence-electron chi connectivity index (χ2n) is 12.0. The van der Waals surface area contributed by atoms with E-state index >= 15 is 0 Å². The van der Waals surface area contributed by atoms with Crippen molar-refractivity contribution in [1.82, 2.24) is 15.0 Å². The van der Waals surface area contributed by atoms with Gasteiger partial charge in [-0.1, -0.05) is 133 Å². The van der Waals surface area contributed by atoms with Crippen LogP contribution in [-0.4, -0.2) is 15.0 Å². The van der Waals surface area contributed by atoms with E-state index in [1.54, 1.807) is 11.3 Å². The van der Waals surface area contributed by atoms with Gasteiger partial charge in [-0.15, -0.1) is 22.7 Å². The van der Waals surface area contributed by atoms with Crippen molar-refractivity contribution < 1.29 is 6.85 Å². The van der Waals surface area contributed by atoms with Crippen molar-refractivity contribution in [2.75, 3.05) is 0 Å². The summed E-state index contributed by atoms with van der Waals surface area (Å²) in [6.45, 7) is 0. The van der Waals surface area contributed by atoms with Crippen molar-refractivity contribution in [3.8, 4) is 56.4 Å². The molecule has 7 aromatic carbocycles. The summed E-state index contributed by atoms with van der Waals surface area (Å²) in [6, 6.07) is 43.1. The van der Waals surface area contributed by atoms with Gasteiger partial charge in [0.1, 0.15) is 0 Å². The molecule has 50 heavy (non-hydrogen) atoms. The number of nitrogens with zero attached hydrogens (tertiary/aromatic N) is 3. The highest BCUT2D eigenvalue weighted by Gasteiger charge is 2.21. The van der Waals surface area contributed by atoms with E-state index in [-0.39, 0.29) is 29.7 Å². The predicted octanol–water partition coefficient (Wildman–Crippen LogP) is 12.9. The lowest BCUT2D eigenvalue weighted by molar-refractivity contribution is 1.08. The van der Waals surface area contributed by atoms with Crippen molar-refractivity contribution >= 4 is 63.0 Å². The minimum absolute atomic E-state index is 0.173. The number of hydrogen-bond donors (Lipinski definition) is 0. The van der Waals surface area contributed by atoms with E-state index in [0.29, 0.717) is 23.0 Å². The van der Waals surface area contributed by atoms with Crippen molar-refractivity contribution in [3.05, 3.63) is 164 Å². The third-order valence-corrected chi connectivity index (χ3v) is 11.5. The highest BCUT2D eigenvalue weighted by atomic mass is 32.1. The van der Waals surface area contributed by atoms with E-state index in [9.17, 15) is 0 Å². The Hall–Kier alpha value is -6.01. The smallest absolute Gasteiger partial charge is 0.165 e.